The van der Waals surface area contributed by atoms with Gasteiger partial charge in [0.05, 0.1) is 24.7 Å². The standard InChI is InChI=1S/C13H14N2O6/c14-8(6-10(16)17)12(18)15-4-5-21-11-7(13(19)20)2-1-3-9(11)15/h1-3,8H,4-6,14H2,(H,16,17)(H,19,20). The van der Waals surface area contributed by atoms with E-state index in [1.807, 2.05) is 0 Å². The molecule has 1 aromatic carbocycles. The molecule has 1 aliphatic rings. The molecule has 0 saturated carbocycles. The van der Waals surface area contributed by atoms with Gasteiger partial charge in [0.25, 0.3) is 0 Å². The number of carbonyl (C=O) groups excluding carboxylic acids is 1. The van der Waals surface area contributed by atoms with E-state index in [1.54, 1.807) is 0 Å². The van der Waals surface area contributed by atoms with Gasteiger partial charge in [0, 0.05) is 0 Å². The maximum Gasteiger partial charge on any atom is 0.339 e. The number of aliphatic carboxylic acids is 1. The van der Waals surface area contributed by atoms with Gasteiger partial charge in [-0.2, -0.15) is 0 Å². The summed E-state index contributed by atoms with van der Waals surface area (Å²) >= 11 is 0. The Kier molecular flexibility index (Phi) is 4.08. The number of nitrogens with two attached hydrogens (primary N) is 1. The summed E-state index contributed by atoms with van der Waals surface area (Å²) in [6.45, 7) is 0.297. The van der Waals surface area contributed by atoms with E-state index < -0.39 is 30.3 Å². The van der Waals surface area contributed by atoms with Crippen LogP contribution in [0.3, 0.4) is 0 Å². The molecule has 112 valence electrons. The van der Waals surface area contributed by atoms with E-state index in [-0.39, 0.29) is 30.2 Å². The molecule has 0 radical (unpaired) electrons. The lowest BCUT2D eigenvalue weighted by molar-refractivity contribution is -0.139. The van der Waals surface area contributed by atoms with Crippen molar-refractivity contribution in [1.82, 2.24) is 0 Å². The molecule has 21 heavy (non-hydrogen) atoms. The highest BCUT2D eigenvalue weighted by molar-refractivity contribution is 6.02. The first kappa shape index (κ1) is 14.8. The largest absolute Gasteiger partial charge is 0.489 e. The van der Waals surface area contributed by atoms with Crippen LogP contribution in [-0.2, 0) is 9.59 Å². The summed E-state index contributed by atoms with van der Waals surface area (Å²) in [5, 5.41) is 17.8. The number of benzene rings is 1. The van der Waals surface area contributed by atoms with Crippen LogP contribution in [0.1, 0.15) is 16.8 Å². The molecular weight excluding hydrogens is 280 g/mol. The fraction of sp³-hybridized carbons (Fsp3) is 0.308. The third-order valence-corrected chi connectivity index (χ3v) is 3.05. The van der Waals surface area contributed by atoms with Gasteiger partial charge in [0.2, 0.25) is 5.91 Å². The lowest BCUT2D eigenvalue weighted by Crippen LogP contribution is -2.48. The molecule has 8 nitrogen and oxygen atoms in total. The van der Waals surface area contributed by atoms with Crippen molar-refractivity contribution >= 4 is 23.5 Å². The van der Waals surface area contributed by atoms with E-state index in [0.717, 1.165) is 0 Å². The Hall–Kier alpha value is -2.61. The number of para-hydroxylation sites is 1. The number of ether oxygens (including phenoxy) is 1. The van der Waals surface area contributed by atoms with E-state index in [4.69, 9.17) is 20.7 Å². The van der Waals surface area contributed by atoms with Crippen molar-refractivity contribution in [3.8, 4) is 5.75 Å². The highest BCUT2D eigenvalue weighted by atomic mass is 16.5. The van der Waals surface area contributed by atoms with Crippen LogP contribution in [0.4, 0.5) is 5.69 Å². The zero-order valence-corrected chi connectivity index (χ0v) is 11.0. The Morgan fingerprint density at radius 3 is 2.67 bits per heavy atom. The Morgan fingerprint density at radius 1 is 1.33 bits per heavy atom. The van der Waals surface area contributed by atoms with Gasteiger partial charge in [-0.1, -0.05) is 6.07 Å². The van der Waals surface area contributed by atoms with Crippen molar-refractivity contribution in [3.05, 3.63) is 23.8 Å². The molecule has 1 aliphatic heterocycles. The second-order valence-corrected chi connectivity index (χ2v) is 4.50. The van der Waals surface area contributed by atoms with Crippen LogP contribution in [0.25, 0.3) is 0 Å². The first-order valence-corrected chi connectivity index (χ1v) is 6.19. The monoisotopic (exact) mass is 294 g/mol. The summed E-state index contributed by atoms with van der Waals surface area (Å²) < 4.78 is 5.33. The van der Waals surface area contributed by atoms with Crippen LogP contribution in [0.5, 0.6) is 5.75 Å². The van der Waals surface area contributed by atoms with Gasteiger partial charge >= 0.3 is 11.9 Å². The third-order valence-electron chi connectivity index (χ3n) is 3.05. The highest BCUT2D eigenvalue weighted by Crippen LogP contribution is 2.35. The van der Waals surface area contributed by atoms with Crippen molar-refractivity contribution in [3.63, 3.8) is 0 Å². The fourth-order valence-corrected chi connectivity index (χ4v) is 2.12. The highest BCUT2D eigenvalue weighted by Gasteiger charge is 2.30. The summed E-state index contributed by atoms with van der Waals surface area (Å²) in [5.74, 6) is -2.84. The minimum atomic E-state index is -1.19. The van der Waals surface area contributed by atoms with E-state index in [2.05, 4.69) is 0 Å². The van der Waals surface area contributed by atoms with Crippen molar-refractivity contribution in [2.45, 2.75) is 12.5 Å². The zero-order valence-electron chi connectivity index (χ0n) is 11.0. The van der Waals surface area contributed by atoms with Crippen LogP contribution >= 0.6 is 0 Å². The molecule has 0 bridgehead atoms. The van der Waals surface area contributed by atoms with E-state index in [0.29, 0.717) is 0 Å². The molecule has 1 heterocycles. The predicted molar refractivity (Wildman–Crippen MR) is 71.5 cm³/mol. The maximum atomic E-state index is 12.2. The van der Waals surface area contributed by atoms with Crippen molar-refractivity contribution in [1.29, 1.82) is 0 Å². The molecule has 2 rings (SSSR count). The second kappa shape index (κ2) is 5.80. The number of amides is 1. The van der Waals surface area contributed by atoms with Gasteiger partial charge in [0.15, 0.2) is 5.75 Å². The number of hydrogen-bond acceptors (Lipinski definition) is 5. The SMILES string of the molecule is NC(CC(=O)O)C(=O)N1CCOc2c(C(=O)O)cccc21. The molecule has 1 unspecified atom stereocenters. The second-order valence-electron chi connectivity index (χ2n) is 4.50. The summed E-state index contributed by atoms with van der Waals surface area (Å²) in [6.07, 6.45) is -0.496. The molecule has 1 atom stereocenters. The van der Waals surface area contributed by atoms with E-state index in [1.165, 1.54) is 23.1 Å². The van der Waals surface area contributed by atoms with Crippen molar-refractivity contribution in [2.75, 3.05) is 18.1 Å². The topological polar surface area (TPSA) is 130 Å². The smallest absolute Gasteiger partial charge is 0.339 e. The van der Waals surface area contributed by atoms with Crippen LogP contribution in [0, 0.1) is 0 Å². The average Bonchev–Trinajstić information content (AvgIpc) is 2.44. The molecule has 0 aromatic heterocycles. The quantitative estimate of drug-likeness (QED) is 0.707. The Labute approximate surface area is 119 Å². The Balaban J connectivity index is 2.34. The third kappa shape index (κ3) is 2.95. The van der Waals surface area contributed by atoms with Gasteiger partial charge in [-0.25, -0.2) is 4.79 Å². The molecule has 0 fully saturated rings. The molecule has 1 amide bonds. The molecule has 0 saturated heterocycles. The predicted octanol–water partition coefficient (Wildman–Crippen LogP) is -0.0878. The molecular formula is C13H14N2O6. The number of nitrogens with zero attached hydrogens (tertiary/aromatic N) is 1. The average molecular weight is 294 g/mol. The number of aromatic carboxylic acids is 1. The van der Waals surface area contributed by atoms with Crippen LogP contribution in [-0.4, -0.2) is 47.3 Å². The minimum Gasteiger partial charge on any atom is -0.489 e. The molecule has 0 aliphatic carbocycles. The lowest BCUT2D eigenvalue weighted by atomic mass is 10.1. The van der Waals surface area contributed by atoms with Crippen LogP contribution in [0.2, 0.25) is 0 Å². The maximum absolute atomic E-state index is 12.2. The molecule has 4 N–H and O–H groups in total. The first-order valence-electron chi connectivity index (χ1n) is 6.19. The van der Waals surface area contributed by atoms with Gasteiger partial charge in [-0.05, 0) is 12.1 Å². The number of rotatable bonds is 4. The summed E-state index contributed by atoms with van der Waals surface area (Å²) in [4.78, 5) is 35.3. The fourth-order valence-electron chi connectivity index (χ4n) is 2.12. The molecule has 0 spiro atoms. The minimum absolute atomic E-state index is 0.0585. The number of carboxylic acid groups (broad SMARTS) is 2. The van der Waals surface area contributed by atoms with E-state index >= 15 is 0 Å². The van der Waals surface area contributed by atoms with Crippen LogP contribution < -0.4 is 15.4 Å². The summed E-state index contributed by atoms with van der Waals surface area (Å²) in [7, 11) is 0. The normalized spacial score (nSPS) is 14.8. The number of anilines is 1. The van der Waals surface area contributed by atoms with Gasteiger partial charge < -0.3 is 25.6 Å². The number of carboxylic acids is 2. The van der Waals surface area contributed by atoms with Gasteiger partial charge in [-0.15, -0.1) is 0 Å². The summed E-state index contributed by atoms with van der Waals surface area (Å²) in [5.41, 5.74) is 5.80. The lowest BCUT2D eigenvalue weighted by Gasteiger charge is -2.31. The summed E-state index contributed by atoms with van der Waals surface area (Å²) in [6, 6.07) is 3.19. The van der Waals surface area contributed by atoms with E-state index in [9.17, 15) is 14.4 Å². The first-order chi connectivity index (χ1) is 9.91. The van der Waals surface area contributed by atoms with Gasteiger partial charge in [0.1, 0.15) is 12.2 Å². The Bertz CT molecular complexity index is 600. The number of hydrogen-bond donors (Lipinski definition) is 3. The number of carbonyl (C=O) groups is 3. The molecule has 1 aromatic rings. The van der Waals surface area contributed by atoms with Crippen molar-refractivity contribution < 1.29 is 29.3 Å². The number of fused-ring (bicyclic) bond motifs is 1. The molecule has 8 heteroatoms. The van der Waals surface area contributed by atoms with Gasteiger partial charge in [-0.3, -0.25) is 9.59 Å². The van der Waals surface area contributed by atoms with Crippen LogP contribution in [0.15, 0.2) is 18.2 Å². The zero-order chi connectivity index (χ0) is 15.6. The Morgan fingerprint density at radius 2 is 2.05 bits per heavy atom. The van der Waals surface area contributed by atoms with Crippen molar-refractivity contribution in [2.24, 2.45) is 5.73 Å².